The zero-order chi connectivity index (χ0) is 20.8. The first-order valence-corrected chi connectivity index (χ1v) is 11.2. The fourth-order valence-electron chi connectivity index (χ4n) is 2.98. The van der Waals surface area contributed by atoms with Crippen molar-refractivity contribution in [2.45, 2.75) is 11.6 Å². The fraction of sp³-hybridized carbons (Fsp3) is 0.0870. The Labute approximate surface area is 187 Å². The molecule has 0 saturated heterocycles. The van der Waals surface area contributed by atoms with Crippen LogP contribution in [0.5, 0.6) is 0 Å². The van der Waals surface area contributed by atoms with Crippen LogP contribution in [-0.4, -0.2) is 26.8 Å². The normalized spacial score (nSPS) is 10.7. The molecule has 0 bridgehead atoms. The molecule has 0 radical (unpaired) electrons. The van der Waals surface area contributed by atoms with Gasteiger partial charge < -0.3 is 5.32 Å². The molecule has 30 heavy (non-hydrogen) atoms. The van der Waals surface area contributed by atoms with Gasteiger partial charge in [0.15, 0.2) is 5.82 Å². The molecule has 0 aliphatic carbocycles. The molecular formula is C23H19BrN4OS. The van der Waals surface area contributed by atoms with E-state index in [0.717, 1.165) is 27.7 Å². The van der Waals surface area contributed by atoms with Crippen molar-refractivity contribution in [3.8, 4) is 11.4 Å². The molecule has 3 aromatic carbocycles. The van der Waals surface area contributed by atoms with Crippen LogP contribution in [-0.2, 0) is 11.2 Å². The second-order valence-electron chi connectivity index (χ2n) is 6.63. The summed E-state index contributed by atoms with van der Waals surface area (Å²) in [6.07, 6.45) is 0.766. The lowest BCUT2D eigenvalue weighted by Gasteiger charge is -2.11. The molecule has 4 aromatic rings. The number of halogens is 1. The van der Waals surface area contributed by atoms with E-state index in [2.05, 4.69) is 48.6 Å². The minimum absolute atomic E-state index is 0.0875. The maximum Gasteiger partial charge on any atom is 0.234 e. The van der Waals surface area contributed by atoms with E-state index in [-0.39, 0.29) is 11.7 Å². The van der Waals surface area contributed by atoms with E-state index in [1.807, 2.05) is 66.7 Å². The van der Waals surface area contributed by atoms with Crippen molar-refractivity contribution in [2.75, 3.05) is 11.1 Å². The molecule has 5 nitrogen and oxygen atoms in total. The van der Waals surface area contributed by atoms with E-state index in [1.165, 1.54) is 17.3 Å². The molecule has 4 rings (SSSR count). The summed E-state index contributed by atoms with van der Waals surface area (Å²) in [4.78, 5) is 17.0. The monoisotopic (exact) mass is 478 g/mol. The lowest BCUT2D eigenvalue weighted by Crippen LogP contribution is -2.15. The molecule has 1 amide bonds. The summed E-state index contributed by atoms with van der Waals surface area (Å²) in [5.41, 5.74) is 4.06. The van der Waals surface area contributed by atoms with Gasteiger partial charge in [-0.05, 0) is 35.7 Å². The number of thioether (sulfide) groups is 1. The number of carbonyl (C=O) groups is 1. The number of benzene rings is 3. The predicted molar refractivity (Wildman–Crippen MR) is 125 cm³/mol. The number of carbonyl (C=O) groups excluding carboxylic acids is 1. The standard InChI is InChI=1S/C23H19BrN4OS/c24-19-12-10-17(11-13-19)22-26-23(28-27-22)30-15-21(29)25-20-9-5-4-8-18(20)14-16-6-2-1-3-7-16/h1-13H,14-15H2,(H,25,29)(H,26,27,28). The van der Waals surface area contributed by atoms with E-state index in [9.17, 15) is 4.79 Å². The van der Waals surface area contributed by atoms with Crippen LogP contribution >= 0.6 is 27.7 Å². The van der Waals surface area contributed by atoms with E-state index < -0.39 is 0 Å². The Morgan fingerprint density at radius 2 is 1.70 bits per heavy atom. The summed E-state index contributed by atoms with van der Waals surface area (Å²) in [6.45, 7) is 0. The summed E-state index contributed by atoms with van der Waals surface area (Å²) in [5.74, 6) is 0.825. The van der Waals surface area contributed by atoms with Gasteiger partial charge in [0, 0.05) is 15.7 Å². The quantitative estimate of drug-likeness (QED) is 0.341. The van der Waals surface area contributed by atoms with Gasteiger partial charge >= 0.3 is 0 Å². The Hall–Kier alpha value is -2.90. The smallest absolute Gasteiger partial charge is 0.234 e. The Balaban J connectivity index is 1.36. The molecule has 0 aliphatic rings. The number of H-pyrrole nitrogens is 1. The van der Waals surface area contributed by atoms with Crippen LogP contribution in [0.15, 0.2) is 88.5 Å². The Morgan fingerprint density at radius 1 is 0.967 bits per heavy atom. The summed E-state index contributed by atoms with van der Waals surface area (Å²) < 4.78 is 1.00. The number of nitrogens with one attached hydrogen (secondary N) is 2. The van der Waals surface area contributed by atoms with Crippen molar-refractivity contribution in [3.05, 3.63) is 94.5 Å². The number of anilines is 1. The van der Waals surface area contributed by atoms with Gasteiger partial charge in [0.1, 0.15) is 0 Å². The van der Waals surface area contributed by atoms with Gasteiger partial charge in [-0.3, -0.25) is 9.89 Å². The second kappa shape index (κ2) is 9.73. The second-order valence-corrected chi connectivity index (χ2v) is 8.49. The number of nitrogens with zero attached hydrogens (tertiary/aromatic N) is 2. The van der Waals surface area contributed by atoms with Crippen molar-refractivity contribution in [2.24, 2.45) is 0 Å². The van der Waals surface area contributed by atoms with Crippen LogP contribution < -0.4 is 5.32 Å². The minimum atomic E-state index is -0.0875. The molecule has 7 heteroatoms. The Morgan fingerprint density at radius 3 is 2.50 bits per heavy atom. The molecule has 0 atom stereocenters. The third-order valence-corrected chi connectivity index (χ3v) is 5.82. The third-order valence-electron chi connectivity index (χ3n) is 4.44. The number of amides is 1. The summed E-state index contributed by atoms with van der Waals surface area (Å²) in [5, 5.41) is 10.7. The lowest BCUT2D eigenvalue weighted by molar-refractivity contribution is -0.113. The summed E-state index contributed by atoms with van der Waals surface area (Å²) >= 11 is 4.72. The average molecular weight is 479 g/mol. The van der Waals surface area contributed by atoms with Crippen LogP contribution in [0.25, 0.3) is 11.4 Å². The predicted octanol–water partition coefficient (Wildman–Crippen LogP) is 5.56. The van der Waals surface area contributed by atoms with Crippen LogP contribution in [0.4, 0.5) is 5.69 Å². The topological polar surface area (TPSA) is 70.7 Å². The summed E-state index contributed by atoms with van der Waals surface area (Å²) in [6, 6.07) is 25.9. The first-order valence-electron chi connectivity index (χ1n) is 9.40. The van der Waals surface area contributed by atoms with Crippen molar-refractivity contribution in [1.29, 1.82) is 0 Å². The maximum absolute atomic E-state index is 12.5. The minimum Gasteiger partial charge on any atom is -0.325 e. The highest BCUT2D eigenvalue weighted by Crippen LogP contribution is 2.22. The molecular weight excluding hydrogens is 460 g/mol. The highest BCUT2D eigenvalue weighted by Gasteiger charge is 2.11. The number of para-hydroxylation sites is 1. The Bertz CT molecular complexity index is 1130. The van der Waals surface area contributed by atoms with Crippen LogP contribution in [0.3, 0.4) is 0 Å². The number of rotatable bonds is 7. The molecule has 1 aromatic heterocycles. The van der Waals surface area contributed by atoms with Crippen molar-refractivity contribution in [1.82, 2.24) is 15.2 Å². The molecule has 1 heterocycles. The molecule has 0 saturated carbocycles. The zero-order valence-corrected chi connectivity index (χ0v) is 18.4. The van der Waals surface area contributed by atoms with E-state index in [1.54, 1.807) is 0 Å². The molecule has 0 spiro atoms. The highest BCUT2D eigenvalue weighted by molar-refractivity contribution is 9.10. The number of aromatic nitrogens is 3. The van der Waals surface area contributed by atoms with Gasteiger partial charge in [0.05, 0.1) is 5.75 Å². The molecule has 0 fully saturated rings. The number of aromatic amines is 1. The van der Waals surface area contributed by atoms with Gasteiger partial charge in [-0.15, -0.1) is 5.10 Å². The molecule has 150 valence electrons. The van der Waals surface area contributed by atoms with Gasteiger partial charge in [0.25, 0.3) is 0 Å². The van der Waals surface area contributed by atoms with Crippen LogP contribution in [0, 0.1) is 0 Å². The molecule has 0 unspecified atom stereocenters. The first kappa shape index (κ1) is 20.4. The van der Waals surface area contributed by atoms with E-state index >= 15 is 0 Å². The van der Waals surface area contributed by atoms with Crippen molar-refractivity contribution in [3.63, 3.8) is 0 Å². The number of hydrogen-bond donors (Lipinski definition) is 2. The highest BCUT2D eigenvalue weighted by atomic mass is 79.9. The SMILES string of the molecule is O=C(CSc1n[nH]c(-c2ccc(Br)cc2)n1)Nc1ccccc1Cc1ccccc1. The van der Waals surface area contributed by atoms with Gasteiger partial charge in [-0.25, -0.2) is 4.98 Å². The van der Waals surface area contributed by atoms with Gasteiger partial charge in [-0.2, -0.15) is 0 Å². The van der Waals surface area contributed by atoms with E-state index in [0.29, 0.717) is 11.0 Å². The van der Waals surface area contributed by atoms with Crippen LogP contribution in [0.2, 0.25) is 0 Å². The number of hydrogen-bond acceptors (Lipinski definition) is 4. The first-order chi connectivity index (χ1) is 14.7. The van der Waals surface area contributed by atoms with Crippen molar-refractivity contribution >= 4 is 39.3 Å². The van der Waals surface area contributed by atoms with Crippen LogP contribution in [0.1, 0.15) is 11.1 Å². The maximum atomic E-state index is 12.5. The fourth-order valence-corrected chi connectivity index (χ4v) is 3.84. The van der Waals surface area contributed by atoms with Gasteiger partial charge in [0.2, 0.25) is 11.1 Å². The molecule has 2 N–H and O–H groups in total. The van der Waals surface area contributed by atoms with Crippen molar-refractivity contribution < 1.29 is 4.79 Å². The zero-order valence-electron chi connectivity index (χ0n) is 16.0. The van der Waals surface area contributed by atoms with E-state index in [4.69, 9.17) is 0 Å². The molecule has 0 aliphatic heterocycles. The Kier molecular flexibility index (Phi) is 6.61. The van der Waals surface area contributed by atoms with Gasteiger partial charge in [-0.1, -0.05) is 88.4 Å². The summed E-state index contributed by atoms with van der Waals surface area (Å²) in [7, 11) is 0. The lowest BCUT2D eigenvalue weighted by atomic mass is 10.0. The largest absolute Gasteiger partial charge is 0.325 e. The average Bonchev–Trinajstić information content (AvgIpc) is 3.24. The third kappa shape index (κ3) is 5.37.